The Balaban J connectivity index is 1.84. The number of hydrogen-bond donors (Lipinski definition) is 1. The van der Waals surface area contributed by atoms with Crippen molar-refractivity contribution in [1.29, 1.82) is 0 Å². The number of benzene rings is 2. The SMILES string of the molecule is COc1ccc(CC(=O)NCCOc2c(C)ccc(C)c2C)cc1OC. The largest absolute Gasteiger partial charge is 0.493 e. The third-order valence-electron chi connectivity index (χ3n) is 4.36. The van der Waals surface area contributed by atoms with Gasteiger partial charge in [0.1, 0.15) is 12.4 Å². The molecule has 5 heteroatoms. The van der Waals surface area contributed by atoms with E-state index in [4.69, 9.17) is 14.2 Å². The van der Waals surface area contributed by atoms with E-state index in [1.165, 1.54) is 5.56 Å². The molecule has 140 valence electrons. The fraction of sp³-hybridized carbons (Fsp3) is 0.381. The van der Waals surface area contributed by atoms with E-state index >= 15 is 0 Å². The van der Waals surface area contributed by atoms with Crippen molar-refractivity contribution in [2.75, 3.05) is 27.4 Å². The van der Waals surface area contributed by atoms with E-state index in [1.54, 1.807) is 20.3 Å². The van der Waals surface area contributed by atoms with Gasteiger partial charge in [-0.05, 0) is 55.2 Å². The molecule has 0 bridgehead atoms. The predicted molar refractivity (Wildman–Crippen MR) is 102 cm³/mol. The molecule has 0 aromatic heterocycles. The van der Waals surface area contributed by atoms with Gasteiger partial charge in [-0.3, -0.25) is 4.79 Å². The molecule has 0 spiro atoms. The first kappa shape index (κ1) is 19.6. The van der Waals surface area contributed by atoms with Crippen molar-refractivity contribution in [2.45, 2.75) is 27.2 Å². The molecule has 5 nitrogen and oxygen atoms in total. The normalized spacial score (nSPS) is 10.3. The van der Waals surface area contributed by atoms with E-state index < -0.39 is 0 Å². The van der Waals surface area contributed by atoms with Gasteiger partial charge in [-0.25, -0.2) is 0 Å². The van der Waals surface area contributed by atoms with Gasteiger partial charge in [-0.2, -0.15) is 0 Å². The molecule has 2 aromatic rings. The van der Waals surface area contributed by atoms with Gasteiger partial charge in [0.15, 0.2) is 11.5 Å². The molecule has 0 fully saturated rings. The van der Waals surface area contributed by atoms with Crippen LogP contribution in [-0.2, 0) is 11.2 Å². The number of carbonyl (C=O) groups excluding carboxylic acids is 1. The second kappa shape index (κ2) is 9.13. The van der Waals surface area contributed by atoms with E-state index in [0.717, 1.165) is 22.4 Å². The second-order valence-corrected chi connectivity index (χ2v) is 6.22. The van der Waals surface area contributed by atoms with Crippen molar-refractivity contribution in [1.82, 2.24) is 5.32 Å². The Labute approximate surface area is 155 Å². The quantitative estimate of drug-likeness (QED) is 0.736. The smallest absolute Gasteiger partial charge is 0.224 e. The highest BCUT2D eigenvalue weighted by molar-refractivity contribution is 5.78. The number of nitrogens with one attached hydrogen (secondary N) is 1. The number of amides is 1. The highest BCUT2D eigenvalue weighted by Crippen LogP contribution is 2.28. The maximum atomic E-state index is 12.1. The van der Waals surface area contributed by atoms with Crippen LogP contribution in [0.2, 0.25) is 0 Å². The number of aryl methyl sites for hydroxylation is 2. The summed E-state index contributed by atoms with van der Waals surface area (Å²) in [7, 11) is 3.16. The molecule has 0 aliphatic carbocycles. The zero-order valence-electron chi connectivity index (χ0n) is 16.1. The minimum absolute atomic E-state index is 0.0569. The fourth-order valence-corrected chi connectivity index (χ4v) is 2.73. The Morgan fingerprint density at radius 2 is 1.65 bits per heavy atom. The van der Waals surface area contributed by atoms with Crippen LogP contribution in [0.1, 0.15) is 22.3 Å². The lowest BCUT2D eigenvalue weighted by Gasteiger charge is -2.14. The summed E-state index contributed by atoms with van der Waals surface area (Å²) in [6, 6.07) is 9.61. The summed E-state index contributed by atoms with van der Waals surface area (Å²) >= 11 is 0. The van der Waals surface area contributed by atoms with Gasteiger partial charge in [0, 0.05) is 0 Å². The van der Waals surface area contributed by atoms with E-state index in [9.17, 15) is 4.79 Å². The molecule has 0 aliphatic rings. The maximum absolute atomic E-state index is 12.1. The third-order valence-corrected chi connectivity index (χ3v) is 4.36. The molecule has 26 heavy (non-hydrogen) atoms. The first-order chi connectivity index (χ1) is 12.5. The molecule has 0 heterocycles. The van der Waals surface area contributed by atoms with Crippen molar-refractivity contribution in [3.8, 4) is 17.2 Å². The molecule has 2 rings (SSSR count). The summed E-state index contributed by atoms with van der Waals surface area (Å²) in [6.45, 7) is 7.03. The molecule has 0 aliphatic heterocycles. The summed E-state index contributed by atoms with van der Waals surface area (Å²) < 4.78 is 16.3. The first-order valence-corrected chi connectivity index (χ1v) is 8.63. The minimum Gasteiger partial charge on any atom is -0.493 e. The van der Waals surface area contributed by atoms with E-state index in [0.29, 0.717) is 24.7 Å². The van der Waals surface area contributed by atoms with Crippen LogP contribution in [0.25, 0.3) is 0 Å². The molecule has 0 radical (unpaired) electrons. The summed E-state index contributed by atoms with van der Waals surface area (Å²) in [6.07, 6.45) is 0.281. The zero-order chi connectivity index (χ0) is 19.1. The van der Waals surface area contributed by atoms with Crippen molar-refractivity contribution in [2.24, 2.45) is 0 Å². The monoisotopic (exact) mass is 357 g/mol. The number of carbonyl (C=O) groups is 1. The standard InChI is InChI=1S/C21H27NO4/c1-14-6-7-15(2)21(16(14)3)26-11-10-22-20(23)13-17-8-9-18(24-4)19(12-17)25-5/h6-9,12H,10-11,13H2,1-5H3,(H,22,23). The van der Waals surface area contributed by atoms with Crippen molar-refractivity contribution in [3.05, 3.63) is 52.6 Å². The number of hydrogen-bond acceptors (Lipinski definition) is 4. The number of ether oxygens (including phenoxy) is 3. The van der Waals surface area contributed by atoms with Crippen LogP contribution in [0.4, 0.5) is 0 Å². The maximum Gasteiger partial charge on any atom is 0.224 e. The first-order valence-electron chi connectivity index (χ1n) is 8.63. The van der Waals surface area contributed by atoms with Crippen molar-refractivity contribution >= 4 is 5.91 Å². The molecular weight excluding hydrogens is 330 g/mol. The van der Waals surface area contributed by atoms with Gasteiger partial charge in [0.2, 0.25) is 5.91 Å². The minimum atomic E-state index is -0.0569. The third kappa shape index (κ3) is 4.91. The van der Waals surface area contributed by atoms with E-state index in [1.807, 2.05) is 32.0 Å². The molecule has 0 unspecified atom stereocenters. The molecule has 0 atom stereocenters. The van der Waals surface area contributed by atoms with Crippen molar-refractivity contribution < 1.29 is 19.0 Å². The zero-order valence-corrected chi connectivity index (χ0v) is 16.1. The second-order valence-electron chi connectivity index (χ2n) is 6.22. The topological polar surface area (TPSA) is 56.8 Å². The van der Waals surface area contributed by atoms with Crippen LogP contribution in [-0.4, -0.2) is 33.3 Å². The number of methoxy groups -OCH3 is 2. The number of rotatable bonds is 8. The molecular formula is C21H27NO4. The van der Waals surface area contributed by atoms with Gasteiger partial charge in [-0.1, -0.05) is 18.2 Å². The molecule has 0 saturated heterocycles. The van der Waals surface area contributed by atoms with Crippen LogP contribution < -0.4 is 19.5 Å². The van der Waals surface area contributed by atoms with Gasteiger partial charge < -0.3 is 19.5 Å². The van der Waals surface area contributed by atoms with Crippen LogP contribution in [0, 0.1) is 20.8 Å². The lowest BCUT2D eigenvalue weighted by molar-refractivity contribution is -0.120. The molecule has 1 N–H and O–H groups in total. The van der Waals surface area contributed by atoms with Crippen LogP contribution >= 0.6 is 0 Å². The summed E-state index contributed by atoms with van der Waals surface area (Å²) in [5.41, 5.74) is 4.31. The van der Waals surface area contributed by atoms with E-state index in [-0.39, 0.29) is 12.3 Å². The van der Waals surface area contributed by atoms with Crippen LogP contribution in [0.5, 0.6) is 17.2 Å². The average molecular weight is 357 g/mol. The highest BCUT2D eigenvalue weighted by atomic mass is 16.5. The Bertz CT molecular complexity index is 771. The van der Waals surface area contributed by atoms with Gasteiger partial charge in [-0.15, -0.1) is 0 Å². The summed E-state index contributed by atoms with van der Waals surface area (Å²) in [5, 5.41) is 2.89. The molecule has 2 aromatic carbocycles. The van der Waals surface area contributed by atoms with Crippen molar-refractivity contribution in [3.63, 3.8) is 0 Å². The highest BCUT2D eigenvalue weighted by Gasteiger charge is 2.09. The van der Waals surface area contributed by atoms with Gasteiger partial charge in [0.05, 0.1) is 27.2 Å². The summed E-state index contributed by atoms with van der Waals surface area (Å²) in [5.74, 6) is 2.11. The Morgan fingerprint density at radius 1 is 0.962 bits per heavy atom. The molecule has 0 saturated carbocycles. The fourth-order valence-electron chi connectivity index (χ4n) is 2.73. The average Bonchev–Trinajstić information content (AvgIpc) is 2.64. The lowest BCUT2D eigenvalue weighted by Crippen LogP contribution is -2.29. The van der Waals surface area contributed by atoms with E-state index in [2.05, 4.69) is 18.3 Å². The molecule has 1 amide bonds. The van der Waals surface area contributed by atoms with Crippen LogP contribution in [0.3, 0.4) is 0 Å². The Morgan fingerprint density at radius 3 is 2.35 bits per heavy atom. The lowest BCUT2D eigenvalue weighted by atomic mass is 10.1. The Kier molecular flexibility index (Phi) is 6.89. The van der Waals surface area contributed by atoms with Gasteiger partial charge in [0.25, 0.3) is 0 Å². The predicted octanol–water partition coefficient (Wildman–Crippen LogP) is 3.37. The van der Waals surface area contributed by atoms with Gasteiger partial charge >= 0.3 is 0 Å². The van der Waals surface area contributed by atoms with Crippen LogP contribution in [0.15, 0.2) is 30.3 Å². The summed E-state index contributed by atoms with van der Waals surface area (Å²) in [4.78, 5) is 12.1. The Hall–Kier alpha value is -2.69.